The Balaban J connectivity index is 2.06. The number of rotatable bonds is 1. The Hall–Kier alpha value is -0.880. The number of halogens is 1. The fourth-order valence-corrected chi connectivity index (χ4v) is 3.67. The fraction of sp³-hybridized carbons (Fsp3) is 0.154. The summed E-state index contributed by atoms with van der Waals surface area (Å²) in [6, 6.07) is 10.4. The van der Waals surface area contributed by atoms with Crippen molar-refractivity contribution in [3.05, 3.63) is 44.3 Å². The van der Waals surface area contributed by atoms with Crippen LogP contribution in [0, 0.1) is 2.88 Å². The molecular weight excluding hydrogens is 345 g/mol. The minimum Gasteiger partial charge on any atom is -0.352 e. The molecule has 2 heterocycles. The molecule has 0 unspecified atom stereocenters. The minimum absolute atomic E-state index is 0.0542. The molecule has 3 rings (SSSR count). The van der Waals surface area contributed by atoms with Crippen molar-refractivity contribution < 1.29 is 4.79 Å². The first kappa shape index (κ1) is 11.2. The minimum atomic E-state index is 0.0542. The molecule has 1 aromatic carbocycles. The second kappa shape index (κ2) is 4.42. The number of amides is 1. The summed E-state index contributed by atoms with van der Waals surface area (Å²) in [6.07, 6.45) is 0.928. The van der Waals surface area contributed by atoms with Gasteiger partial charge in [-0.15, -0.1) is 11.3 Å². The van der Waals surface area contributed by atoms with Gasteiger partial charge in [-0.05, 0) is 64.4 Å². The summed E-state index contributed by atoms with van der Waals surface area (Å²) in [5, 5.41) is 2.86. The number of carbonyl (C=O) groups excluding carboxylic acids is 1. The van der Waals surface area contributed by atoms with Crippen molar-refractivity contribution in [1.29, 1.82) is 0 Å². The number of fused-ring (bicyclic) bond motifs is 1. The number of thiophene rings is 1. The summed E-state index contributed by atoms with van der Waals surface area (Å²) < 4.78 is 1.29. The first-order chi connectivity index (χ1) is 8.24. The summed E-state index contributed by atoms with van der Waals surface area (Å²) >= 11 is 4.11. The van der Waals surface area contributed by atoms with Gasteiger partial charge in [-0.25, -0.2) is 0 Å². The van der Waals surface area contributed by atoms with Gasteiger partial charge in [0.25, 0.3) is 5.91 Å². The quantitative estimate of drug-likeness (QED) is 0.782. The van der Waals surface area contributed by atoms with E-state index in [1.807, 2.05) is 12.1 Å². The van der Waals surface area contributed by atoms with Crippen LogP contribution in [0.2, 0.25) is 0 Å². The molecule has 2 nitrogen and oxygen atoms in total. The second-order valence-corrected chi connectivity index (χ2v) is 6.96. The third-order valence-electron chi connectivity index (χ3n) is 2.89. The van der Waals surface area contributed by atoms with E-state index in [1.54, 1.807) is 11.3 Å². The average molecular weight is 355 g/mol. The molecule has 1 N–H and O–H groups in total. The standard InChI is InChI=1S/C13H10INOS/c14-12-4-3-11(17-12)9-1-2-10-8(7-9)5-6-15-13(10)16/h1-4,7H,5-6H2,(H,15,16). The van der Waals surface area contributed by atoms with Crippen LogP contribution < -0.4 is 5.32 Å². The van der Waals surface area contributed by atoms with E-state index in [-0.39, 0.29) is 5.91 Å². The fourth-order valence-electron chi connectivity index (χ4n) is 2.05. The largest absolute Gasteiger partial charge is 0.352 e. The van der Waals surface area contributed by atoms with E-state index in [2.05, 4.69) is 46.1 Å². The predicted octanol–water partition coefficient (Wildman–Crippen LogP) is 3.31. The van der Waals surface area contributed by atoms with Gasteiger partial charge in [0.1, 0.15) is 0 Å². The number of benzene rings is 1. The van der Waals surface area contributed by atoms with Crippen LogP contribution >= 0.6 is 33.9 Å². The molecule has 1 amide bonds. The van der Waals surface area contributed by atoms with E-state index in [0.717, 1.165) is 24.1 Å². The molecule has 0 spiro atoms. The van der Waals surface area contributed by atoms with Crippen LogP contribution in [0.5, 0.6) is 0 Å². The summed E-state index contributed by atoms with van der Waals surface area (Å²) in [5.74, 6) is 0.0542. The Morgan fingerprint density at radius 1 is 1.24 bits per heavy atom. The Kier molecular flexibility index (Phi) is 2.92. The second-order valence-electron chi connectivity index (χ2n) is 3.98. The van der Waals surface area contributed by atoms with Crippen molar-refractivity contribution in [3.8, 4) is 10.4 Å². The lowest BCUT2D eigenvalue weighted by Crippen LogP contribution is -2.31. The number of hydrogen-bond acceptors (Lipinski definition) is 2. The highest BCUT2D eigenvalue weighted by molar-refractivity contribution is 14.1. The van der Waals surface area contributed by atoms with Gasteiger partial charge in [0.05, 0.1) is 2.88 Å². The Morgan fingerprint density at radius 3 is 2.88 bits per heavy atom. The van der Waals surface area contributed by atoms with Crippen molar-refractivity contribution in [2.24, 2.45) is 0 Å². The van der Waals surface area contributed by atoms with E-state index < -0.39 is 0 Å². The van der Waals surface area contributed by atoms with Crippen molar-refractivity contribution in [2.45, 2.75) is 6.42 Å². The van der Waals surface area contributed by atoms with E-state index in [9.17, 15) is 4.79 Å². The van der Waals surface area contributed by atoms with Gasteiger partial charge >= 0.3 is 0 Å². The van der Waals surface area contributed by atoms with Crippen molar-refractivity contribution in [1.82, 2.24) is 5.32 Å². The highest BCUT2D eigenvalue weighted by atomic mass is 127. The van der Waals surface area contributed by atoms with Crippen LogP contribution in [-0.4, -0.2) is 12.5 Å². The smallest absolute Gasteiger partial charge is 0.251 e. The number of hydrogen-bond donors (Lipinski definition) is 1. The van der Waals surface area contributed by atoms with Gasteiger partial charge in [0.2, 0.25) is 0 Å². The lowest BCUT2D eigenvalue weighted by molar-refractivity contribution is 0.0946. The Morgan fingerprint density at radius 2 is 2.12 bits per heavy atom. The molecular formula is C13H10INOS. The average Bonchev–Trinajstić information content (AvgIpc) is 2.76. The normalized spacial score (nSPS) is 14.3. The Labute approximate surface area is 117 Å². The molecule has 17 heavy (non-hydrogen) atoms. The lowest BCUT2D eigenvalue weighted by Gasteiger charge is -2.16. The molecule has 2 aromatic rings. The van der Waals surface area contributed by atoms with E-state index in [0.29, 0.717) is 0 Å². The van der Waals surface area contributed by atoms with Gasteiger partial charge in [-0.3, -0.25) is 4.79 Å². The van der Waals surface area contributed by atoms with Crippen molar-refractivity contribution >= 4 is 39.8 Å². The molecule has 0 saturated carbocycles. The molecule has 4 heteroatoms. The zero-order valence-corrected chi connectivity index (χ0v) is 12.0. The van der Waals surface area contributed by atoms with Crippen molar-refractivity contribution in [3.63, 3.8) is 0 Å². The van der Waals surface area contributed by atoms with E-state index in [1.165, 1.54) is 13.3 Å². The number of nitrogens with one attached hydrogen (secondary N) is 1. The molecule has 0 saturated heterocycles. The molecule has 1 aliphatic rings. The lowest BCUT2D eigenvalue weighted by atomic mass is 9.97. The van der Waals surface area contributed by atoms with Gasteiger partial charge < -0.3 is 5.32 Å². The zero-order chi connectivity index (χ0) is 11.8. The maximum atomic E-state index is 11.6. The maximum absolute atomic E-state index is 11.6. The van der Waals surface area contributed by atoms with Gasteiger partial charge in [-0.2, -0.15) is 0 Å². The summed E-state index contributed by atoms with van der Waals surface area (Å²) in [4.78, 5) is 12.9. The van der Waals surface area contributed by atoms with Gasteiger partial charge in [-0.1, -0.05) is 6.07 Å². The summed E-state index contributed by atoms with van der Waals surface area (Å²) in [6.45, 7) is 0.747. The van der Waals surface area contributed by atoms with E-state index >= 15 is 0 Å². The third-order valence-corrected chi connectivity index (χ3v) is 4.83. The van der Waals surface area contributed by atoms with Gasteiger partial charge in [0, 0.05) is 17.0 Å². The van der Waals surface area contributed by atoms with E-state index in [4.69, 9.17) is 0 Å². The molecule has 0 radical (unpaired) electrons. The van der Waals surface area contributed by atoms with Gasteiger partial charge in [0.15, 0.2) is 0 Å². The monoisotopic (exact) mass is 355 g/mol. The molecule has 0 bridgehead atoms. The van der Waals surface area contributed by atoms with Crippen LogP contribution in [0.3, 0.4) is 0 Å². The van der Waals surface area contributed by atoms with Crippen LogP contribution in [0.25, 0.3) is 10.4 Å². The maximum Gasteiger partial charge on any atom is 0.251 e. The third kappa shape index (κ3) is 2.11. The molecule has 0 fully saturated rings. The summed E-state index contributed by atoms with van der Waals surface area (Å²) in [7, 11) is 0. The van der Waals surface area contributed by atoms with Crippen LogP contribution in [0.1, 0.15) is 15.9 Å². The van der Waals surface area contributed by atoms with Crippen LogP contribution in [0.15, 0.2) is 30.3 Å². The topological polar surface area (TPSA) is 29.1 Å². The molecule has 1 aliphatic heterocycles. The molecule has 0 aliphatic carbocycles. The van der Waals surface area contributed by atoms with Crippen molar-refractivity contribution in [2.75, 3.05) is 6.54 Å². The first-order valence-corrected chi connectivity index (χ1v) is 7.30. The Bertz CT molecular complexity index is 591. The first-order valence-electron chi connectivity index (χ1n) is 5.41. The predicted molar refractivity (Wildman–Crippen MR) is 78.5 cm³/mol. The molecule has 0 atom stereocenters. The highest BCUT2D eigenvalue weighted by Crippen LogP contribution is 2.30. The highest BCUT2D eigenvalue weighted by Gasteiger charge is 2.16. The molecule has 86 valence electrons. The SMILES string of the molecule is O=C1NCCc2cc(-c3ccc(I)s3)ccc21. The number of carbonyl (C=O) groups is 1. The van der Waals surface area contributed by atoms with Crippen LogP contribution in [0.4, 0.5) is 0 Å². The summed E-state index contributed by atoms with van der Waals surface area (Å²) in [5.41, 5.74) is 3.20. The zero-order valence-electron chi connectivity index (χ0n) is 9.00. The molecule has 1 aromatic heterocycles. The van der Waals surface area contributed by atoms with Crippen LogP contribution in [-0.2, 0) is 6.42 Å².